The van der Waals surface area contributed by atoms with Gasteiger partial charge in [-0.3, -0.25) is 9.48 Å². The van der Waals surface area contributed by atoms with Gasteiger partial charge in [-0.1, -0.05) is 5.16 Å². The van der Waals surface area contributed by atoms with Crippen LogP contribution in [0, 0.1) is 12.8 Å². The van der Waals surface area contributed by atoms with Crippen molar-refractivity contribution in [3.63, 3.8) is 0 Å². The molecule has 3 rings (SSSR count). The summed E-state index contributed by atoms with van der Waals surface area (Å²) in [5.74, 6) is 0.828. The minimum Gasteiger partial charge on any atom is -0.391 e. The predicted molar refractivity (Wildman–Crippen MR) is 80.3 cm³/mol. The maximum Gasteiger partial charge on any atom is 0.222 e. The lowest BCUT2D eigenvalue weighted by Gasteiger charge is -2.15. The van der Waals surface area contributed by atoms with Gasteiger partial charge in [-0.2, -0.15) is 5.10 Å². The van der Waals surface area contributed by atoms with E-state index in [4.69, 9.17) is 4.52 Å². The Kier molecular flexibility index (Phi) is 4.71. The predicted octanol–water partition coefficient (Wildman–Crippen LogP) is 0.417. The third kappa shape index (κ3) is 3.95. The van der Waals surface area contributed by atoms with Gasteiger partial charge in [0.2, 0.25) is 5.91 Å². The second kappa shape index (κ2) is 6.91. The molecular formula is C15H21N5O3. The van der Waals surface area contributed by atoms with E-state index < -0.39 is 6.10 Å². The normalized spacial score (nSPS) is 21.0. The van der Waals surface area contributed by atoms with Crippen LogP contribution in [-0.2, 0) is 17.8 Å². The molecule has 3 heterocycles. The zero-order chi connectivity index (χ0) is 16.2. The van der Waals surface area contributed by atoms with Gasteiger partial charge in [0.15, 0.2) is 0 Å². The first-order valence-electron chi connectivity index (χ1n) is 7.82. The minimum absolute atomic E-state index is 0.00150. The van der Waals surface area contributed by atoms with Crippen LogP contribution >= 0.6 is 0 Å². The molecule has 2 aromatic rings. The van der Waals surface area contributed by atoms with Crippen molar-refractivity contribution in [1.29, 1.82) is 0 Å². The molecule has 0 saturated carbocycles. The molecule has 1 aliphatic rings. The van der Waals surface area contributed by atoms with Crippen LogP contribution in [0.4, 0.5) is 0 Å². The highest BCUT2D eigenvalue weighted by Crippen LogP contribution is 2.22. The van der Waals surface area contributed by atoms with Crippen molar-refractivity contribution in [3.05, 3.63) is 30.2 Å². The number of carbonyl (C=O) groups excluding carboxylic acids is 1. The monoisotopic (exact) mass is 319 g/mol. The summed E-state index contributed by atoms with van der Waals surface area (Å²) in [5.41, 5.74) is 0.827. The van der Waals surface area contributed by atoms with Gasteiger partial charge in [-0.25, -0.2) is 4.98 Å². The number of aliphatic hydroxyl groups is 1. The minimum atomic E-state index is -0.514. The summed E-state index contributed by atoms with van der Waals surface area (Å²) in [6.07, 6.45) is 4.36. The van der Waals surface area contributed by atoms with Gasteiger partial charge in [-0.05, 0) is 13.3 Å². The number of hydrogen-bond donors (Lipinski definition) is 1. The van der Waals surface area contributed by atoms with E-state index in [-0.39, 0.29) is 11.8 Å². The molecule has 23 heavy (non-hydrogen) atoms. The Morgan fingerprint density at radius 2 is 2.35 bits per heavy atom. The number of carbonyl (C=O) groups is 1. The molecule has 0 aliphatic carbocycles. The van der Waals surface area contributed by atoms with Crippen LogP contribution in [-0.4, -0.2) is 55.0 Å². The van der Waals surface area contributed by atoms with Gasteiger partial charge >= 0.3 is 0 Å². The lowest BCUT2D eigenvalue weighted by molar-refractivity contribution is -0.130. The number of aryl methyl sites for hydroxylation is 2. The molecule has 0 bridgehead atoms. The fourth-order valence-corrected chi connectivity index (χ4v) is 2.93. The number of hydrogen-bond acceptors (Lipinski definition) is 6. The second-order valence-electron chi connectivity index (χ2n) is 6.03. The molecule has 0 radical (unpaired) electrons. The van der Waals surface area contributed by atoms with Gasteiger partial charge in [0.25, 0.3) is 0 Å². The highest BCUT2D eigenvalue weighted by atomic mass is 16.5. The van der Waals surface area contributed by atoms with Crippen LogP contribution < -0.4 is 0 Å². The molecule has 1 N–H and O–H groups in total. The largest absolute Gasteiger partial charge is 0.391 e. The molecule has 0 spiro atoms. The Balaban J connectivity index is 1.46. The Labute approximate surface area is 134 Å². The van der Waals surface area contributed by atoms with E-state index in [0.29, 0.717) is 38.9 Å². The summed E-state index contributed by atoms with van der Waals surface area (Å²) < 4.78 is 6.91. The highest BCUT2D eigenvalue weighted by molar-refractivity contribution is 5.76. The molecular weight excluding hydrogens is 298 g/mol. The van der Waals surface area contributed by atoms with E-state index in [9.17, 15) is 9.90 Å². The summed E-state index contributed by atoms with van der Waals surface area (Å²) in [6.45, 7) is 3.48. The van der Waals surface area contributed by atoms with Crippen LogP contribution in [0.25, 0.3) is 0 Å². The number of nitrogens with zero attached hydrogens (tertiary/aromatic N) is 5. The van der Waals surface area contributed by atoms with Crippen molar-refractivity contribution in [2.24, 2.45) is 5.92 Å². The first-order chi connectivity index (χ1) is 11.1. The summed E-state index contributed by atoms with van der Waals surface area (Å²) in [7, 11) is 0. The number of amides is 1. The molecule has 0 aromatic carbocycles. The average Bonchev–Trinajstić information content (AvgIpc) is 3.23. The number of aromatic nitrogens is 4. The SMILES string of the molecule is Cc1cc(C[C@@H]2CN(C(=O)CCCn3cncn3)C[C@H]2O)on1. The zero-order valence-electron chi connectivity index (χ0n) is 13.1. The second-order valence-corrected chi connectivity index (χ2v) is 6.03. The molecule has 1 fully saturated rings. The standard InChI is InChI=1S/C15H21N5O3/c1-11-5-13(23-18-11)6-12-7-19(8-14(12)21)15(22)3-2-4-20-10-16-9-17-20/h5,9-10,12,14,21H,2-4,6-8H2,1H3/t12-,14-/m1/s1. The third-order valence-corrected chi connectivity index (χ3v) is 4.14. The Bertz CT molecular complexity index is 639. The number of likely N-dealkylation sites (tertiary alicyclic amines) is 1. The van der Waals surface area contributed by atoms with Gasteiger partial charge in [0.05, 0.1) is 11.8 Å². The van der Waals surface area contributed by atoms with Crippen LogP contribution in [0.15, 0.2) is 23.2 Å². The zero-order valence-corrected chi connectivity index (χ0v) is 13.1. The maximum absolute atomic E-state index is 12.3. The lowest BCUT2D eigenvalue weighted by atomic mass is 10.0. The molecule has 2 atom stereocenters. The summed E-state index contributed by atoms with van der Waals surface area (Å²) in [4.78, 5) is 17.9. The molecule has 2 aromatic heterocycles. The van der Waals surface area contributed by atoms with Crippen molar-refractivity contribution >= 4 is 5.91 Å². The van der Waals surface area contributed by atoms with Crippen LogP contribution in [0.3, 0.4) is 0 Å². The summed E-state index contributed by atoms with van der Waals surface area (Å²) in [5, 5.41) is 18.0. The molecule has 0 unspecified atom stereocenters. The first-order valence-corrected chi connectivity index (χ1v) is 7.82. The van der Waals surface area contributed by atoms with E-state index in [1.807, 2.05) is 13.0 Å². The summed E-state index contributed by atoms with van der Waals surface area (Å²) >= 11 is 0. The van der Waals surface area contributed by atoms with E-state index in [1.165, 1.54) is 6.33 Å². The Morgan fingerprint density at radius 3 is 3.04 bits per heavy atom. The van der Waals surface area contributed by atoms with Gasteiger partial charge in [-0.15, -0.1) is 0 Å². The molecule has 1 aliphatic heterocycles. The van der Waals surface area contributed by atoms with E-state index in [2.05, 4.69) is 15.2 Å². The average molecular weight is 319 g/mol. The molecule has 1 saturated heterocycles. The van der Waals surface area contributed by atoms with E-state index >= 15 is 0 Å². The number of β-amino-alcohol motifs (C(OH)–C–C–N with tert-alkyl or cyclic N) is 1. The van der Waals surface area contributed by atoms with Crippen LogP contribution in [0.1, 0.15) is 24.3 Å². The van der Waals surface area contributed by atoms with E-state index in [1.54, 1.807) is 15.9 Å². The smallest absolute Gasteiger partial charge is 0.222 e. The van der Waals surface area contributed by atoms with Crippen molar-refractivity contribution < 1.29 is 14.4 Å². The van der Waals surface area contributed by atoms with Crippen molar-refractivity contribution in [2.75, 3.05) is 13.1 Å². The topological polar surface area (TPSA) is 97.3 Å². The molecule has 8 nitrogen and oxygen atoms in total. The fraction of sp³-hybridized carbons (Fsp3) is 0.600. The van der Waals surface area contributed by atoms with Gasteiger partial charge in [0.1, 0.15) is 18.4 Å². The van der Waals surface area contributed by atoms with Crippen molar-refractivity contribution in [2.45, 2.75) is 38.8 Å². The highest BCUT2D eigenvalue weighted by Gasteiger charge is 2.34. The number of rotatable bonds is 6. The maximum atomic E-state index is 12.3. The van der Waals surface area contributed by atoms with Crippen LogP contribution in [0.2, 0.25) is 0 Å². The van der Waals surface area contributed by atoms with E-state index in [0.717, 1.165) is 11.5 Å². The van der Waals surface area contributed by atoms with Gasteiger partial charge < -0.3 is 14.5 Å². The van der Waals surface area contributed by atoms with Crippen molar-refractivity contribution in [3.8, 4) is 0 Å². The third-order valence-electron chi connectivity index (χ3n) is 4.14. The lowest BCUT2D eigenvalue weighted by Crippen LogP contribution is -2.29. The fourth-order valence-electron chi connectivity index (χ4n) is 2.93. The number of aliphatic hydroxyl groups excluding tert-OH is 1. The van der Waals surface area contributed by atoms with Crippen LogP contribution in [0.5, 0.6) is 0 Å². The first kappa shape index (κ1) is 15.7. The molecule has 1 amide bonds. The summed E-state index contributed by atoms with van der Waals surface area (Å²) in [6, 6.07) is 1.87. The van der Waals surface area contributed by atoms with Crippen molar-refractivity contribution in [1.82, 2.24) is 24.8 Å². The Hall–Kier alpha value is -2.22. The quantitative estimate of drug-likeness (QED) is 0.828. The van der Waals surface area contributed by atoms with Gasteiger partial charge in [0, 0.05) is 44.5 Å². The molecule has 8 heteroatoms. The Morgan fingerprint density at radius 1 is 1.48 bits per heavy atom. The molecule has 124 valence electrons.